The van der Waals surface area contributed by atoms with E-state index in [2.05, 4.69) is 4.74 Å². The highest BCUT2D eigenvalue weighted by Crippen LogP contribution is 2.21. The number of hydrogen-bond acceptors (Lipinski definition) is 5. The number of methoxy groups -OCH3 is 1. The zero-order valence-electron chi connectivity index (χ0n) is 20.7. The van der Waals surface area contributed by atoms with Crippen molar-refractivity contribution in [1.82, 2.24) is 0 Å². The van der Waals surface area contributed by atoms with Gasteiger partial charge in [0.25, 0.3) is 0 Å². The van der Waals surface area contributed by atoms with Gasteiger partial charge in [0.1, 0.15) is 11.9 Å². The first-order valence-electron chi connectivity index (χ1n) is 11.5. The van der Waals surface area contributed by atoms with E-state index in [1.807, 2.05) is 63.3 Å². The molecule has 0 aliphatic carbocycles. The second-order valence-electron chi connectivity index (χ2n) is 7.77. The lowest BCUT2D eigenvalue weighted by molar-refractivity contribution is -0.134. The van der Waals surface area contributed by atoms with Gasteiger partial charge in [0.05, 0.1) is 7.11 Å². The average molecular weight is 492 g/mol. The highest BCUT2D eigenvalue weighted by atomic mass is 35.5. The number of ketones is 1. The Balaban J connectivity index is 4.43. The number of rotatable bonds is 16. The van der Waals surface area contributed by atoms with Crippen LogP contribution >= 0.6 is 11.6 Å². The lowest BCUT2D eigenvalue weighted by Crippen LogP contribution is -2.21. The van der Waals surface area contributed by atoms with E-state index < -0.39 is 18.2 Å². The molecule has 0 aliphatic rings. The summed E-state index contributed by atoms with van der Waals surface area (Å²) in [6, 6.07) is 0. The Morgan fingerprint density at radius 2 is 1.68 bits per heavy atom. The van der Waals surface area contributed by atoms with Crippen molar-refractivity contribution in [3.8, 4) is 0 Å². The van der Waals surface area contributed by atoms with Gasteiger partial charge >= 0.3 is 12.1 Å². The maximum absolute atomic E-state index is 12.2. The van der Waals surface area contributed by atoms with E-state index in [0.717, 1.165) is 12.0 Å². The lowest BCUT2D eigenvalue weighted by atomic mass is 9.99. The fraction of sp³-hybridized carbons (Fsp3) is 0.444. The standard InChI is InChI=1S/C27H38ClNO5/c1-5-6-15-24(34-27(29)32)16-11-14-23(30)20-19-22(3)25(28)17-9-7-12-21(2)13-8-10-18-26(31)33-4/h6-10,12-13,15,17-18,22,24H,5,11,14,16,19-20H2,1-4H3,(H2,29,32)/b9-7+,13-8+,15-6+,18-10+,21-12+,25-17-. The first-order chi connectivity index (χ1) is 16.2. The number of esters is 1. The van der Waals surface area contributed by atoms with Crippen LogP contribution in [0.15, 0.2) is 71.4 Å². The van der Waals surface area contributed by atoms with Crippen LogP contribution in [0.5, 0.6) is 0 Å². The van der Waals surface area contributed by atoms with Crippen molar-refractivity contribution in [2.45, 2.75) is 65.4 Å². The summed E-state index contributed by atoms with van der Waals surface area (Å²) in [5, 5.41) is 0.686. The molecule has 2 N–H and O–H groups in total. The molecule has 7 heteroatoms. The number of primary amides is 1. The summed E-state index contributed by atoms with van der Waals surface area (Å²) in [7, 11) is 1.33. The number of ether oxygens (including phenoxy) is 2. The third-order valence-corrected chi connectivity index (χ3v) is 5.25. The number of nitrogens with two attached hydrogens (primary N) is 1. The normalized spacial score (nSPS) is 14.9. The fourth-order valence-corrected chi connectivity index (χ4v) is 2.94. The van der Waals surface area contributed by atoms with Crippen LogP contribution in [0.3, 0.4) is 0 Å². The number of carbonyl (C=O) groups is 3. The predicted molar refractivity (Wildman–Crippen MR) is 138 cm³/mol. The van der Waals surface area contributed by atoms with Crippen LogP contribution in [0.2, 0.25) is 0 Å². The summed E-state index contributed by atoms with van der Waals surface area (Å²) in [5.74, 6) is -0.164. The van der Waals surface area contributed by atoms with Crippen LogP contribution in [-0.4, -0.2) is 31.1 Å². The molecule has 0 radical (unpaired) electrons. The number of amides is 1. The minimum Gasteiger partial charge on any atom is -0.466 e. The largest absolute Gasteiger partial charge is 0.466 e. The summed E-state index contributed by atoms with van der Waals surface area (Å²) < 4.78 is 9.56. The van der Waals surface area contributed by atoms with E-state index in [-0.39, 0.29) is 11.7 Å². The van der Waals surface area contributed by atoms with Gasteiger partial charge in [-0.3, -0.25) is 4.79 Å². The number of halogens is 1. The molecule has 0 bridgehead atoms. The molecule has 0 aromatic carbocycles. The number of Topliss-reactive ketones (excluding diaryl/α,β-unsaturated/α-hetero) is 1. The Morgan fingerprint density at radius 3 is 2.32 bits per heavy atom. The Bertz CT molecular complexity index is 821. The summed E-state index contributed by atoms with van der Waals surface area (Å²) in [4.78, 5) is 34.2. The quantitative estimate of drug-likeness (QED) is 0.115. The van der Waals surface area contributed by atoms with Crippen molar-refractivity contribution >= 4 is 29.4 Å². The molecular formula is C27H38ClNO5. The molecule has 0 fully saturated rings. The van der Waals surface area contributed by atoms with Gasteiger partial charge < -0.3 is 15.2 Å². The van der Waals surface area contributed by atoms with Crippen molar-refractivity contribution < 1.29 is 23.9 Å². The topological polar surface area (TPSA) is 95.7 Å². The van der Waals surface area contributed by atoms with Crippen molar-refractivity contribution in [3.63, 3.8) is 0 Å². The first kappa shape index (κ1) is 31.1. The monoisotopic (exact) mass is 491 g/mol. The van der Waals surface area contributed by atoms with E-state index in [9.17, 15) is 14.4 Å². The fourth-order valence-electron chi connectivity index (χ4n) is 2.76. The molecule has 1 amide bonds. The van der Waals surface area contributed by atoms with Crippen molar-refractivity contribution in [1.29, 1.82) is 0 Å². The van der Waals surface area contributed by atoms with Crippen LogP contribution < -0.4 is 5.73 Å². The van der Waals surface area contributed by atoms with Crippen LogP contribution in [-0.2, 0) is 19.1 Å². The van der Waals surface area contributed by atoms with E-state index >= 15 is 0 Å². The lowest BCUT2D eigenvalue weighted by Gasteiger charge is -2.13. The highest BCUT2D eigenvalue weighted by Gasteiger charge is 2.12. The van der Waals surface area contributed by atoms with Crippen LogP contribution in [0, 0.1) is 5.92 Å². The van der Waals surface area contributed by atoms with Gasteiger partial charge in [0.15, 0.2) is 0 Å². The minimum atomic E-state index is -0.809. The second-order valence-corrected chi connectivity index (χ2v) is 8.21. The SMILES string of the molecule is CC/C=C/C(CCCC(=O)CCC(C)/C(Cl)=C/C=C/C=C(C)/C=C/C=C/C(=O)OC)OC(N)=O. The summed E-state index contributed by atoms with van der Waals surface area (Å²) in [6.45, 7) is 5.92. The predicted octanol–water partition coefficient (Wildman–Crippen LogP) is 6.48. The smallest absolute Gasteiger partial charge is 0.405 e. The summed E-state index contributed by atoms with van der Waals surface area (Å²) in [6.07, 6.45) is 20.2. The molecule has 0 heterocycles. The Morgan fingerprint density at radius 1 is 1.00 bits per heavy atom. The summed E-state index contributed by atoms with van der Waals surface area (Å²) in [5.41, 5.74) is 6.10. The van der Waals surface area contributed by atoms with Gasteiger partial charge in [-0.1, -0.05) is 73.6 Å². The Hall–Kier alpha value is -2.86. The molecule has 0 saturated carbocycles. The molecule has 0 rings (SSSR count). The van der Waals surface area contributed by atoms with E-state index in [0.29, 0.717) is 37.1 Å². The highest BCUT2D eigenvalue weighted by molar-refractivity contribution is 6.29. The molecule has 0 aliphatic heterocycles. The molecule has 0 spiro atoms. The van der Waals surface area contributed by atoms with Crippen LogP contribution in [0.1, 0.15) is 59.3 Å². The van der Waals surface area contributed by atoms with Crippen molar-refractivity contribution in [3.05, 3.63) is 71.4 Å². The molecular weight excluding hydrogens is 454 g/mol. The van der Waals surface area contributed by atoms with Gasteiger partial charge in [0, 0.05) is 23.9 Å². The first-order valence-corrected chi connectivity index (χ1v) is 11.8. The third-order valence-electron chi connectivity index (χ3n) is 4.75. The molecule has 34 heavy (non-hydrogen) atoms. The molecule has 188 valence electrons. The van der Waals surface area contributed by atoms with Gasteiger partial charge in [0.2, 0.25) is 0 Å². The maximum Gasteiger partial charge on any atom is 0.405 e. The van der Waals surface area contributed by atoms with Crippen molar-refractivity contribution in [2.24, 2.45) is 11.7 Å². The van der Waals surface area contributed by atoms with E-state index in [1.54, 1.807) is 12.2 Å². The van der Waals surface area contributed by atoms with Gasteiger partial charge in [-0.15, -0.1) is 0 Å². The maximum atomic E-state index is 12.2. The Labute approximate surface area is 208 Å². The molecule has 0 aromatic rings. The molecule has 0 aromatic heterocycles. The van der Waals surface area contributed by atoms with Crippen LogP contribution in [0.4, 0.5) is 4.79 Å². The van der Waals surface area contributed by atoms with E-state index in [1.165, 1.54) is 13.2 Å². The summed E-state index contributed by atoms with van der Waals surface area (Å²) >= 11 is 6.36. The van der Waals surface area contributed by atoms with Crippen LogP contribution in [0.25, 0.3) is 0 Å². The number of allylic oxidation sites excluding steroid dienone is 10. The second kappa shape index (κ2) is 19.6. The number of carbonyl (C=O) groups excluding carboxylic acids is 3. The zero-order valence-corrected chi connectivity index (χ0v) is 21.4. The zero-order chi connectivity index (χ0) is 25.8. The molecule has 0 saturated heterocycles. The Kier molecular flexibility index (Phi) is 17.9. The van der Waals surface area contributed by atoms with E-state index in [4.69, 9.17) is 22.1 Å². The molecule has 2 unspecified atom stereocenters. The van der Waals surface area contributed by atoms with Gasteiger partial charge in [-0.2, -0.15) is 0 Å². The molecule has 2 atom stereocenters. The average Bonchev–Trinajstić information content (AvgIpc) is 2.80. The third kappa shape index (κ3) is 17.7. The van der Waals surface area contributed by atoms with Gasteiger partial charge in [-0.05, 0) is 50.7 Å². The minimum absolute atomic E-state index is 0.0714. The van der Waals surface area contributed by atoms with Crippen molar-refractivity contribution in [2.75, 3.05) is 7.11 Å². The molecule has 6 nitrogen and oxygen atoms in total. The number of hydrogen-bond donors (Lipinski definition) is 1. The van der Waals surface area contributed by atoms with Gasteiger partial charge in [-0.25, -0.2) is 9.59 Å².